The minimum absolute atomic E-state index is 0.0712. The van der Waals surface area contributed by atoms with E-state index >= 15 is 0 Å². The van der Waals surface area contributed by atoms with Crippen molar-refractivity contribution in [2.45, 2.75) is 64.5 Å². The smallest absolute Gasteiger partial charge is 0.0722 e. The largest absolute Gasteiger partial charge is 0.393 e. The number of aliphatic hydroxyl groups excluding tert-OH is 1. The number of aliphatic hydroxyl groups is 1. The van der Waals surface area contributed by atoms with Gasteiger partial charge in [-0.15, -0.1) is 0 Å². The first-order valence-electron chi connectivity index (χ1n) is 8.17. The molecule has 0 spiro atoms. The second-order valence-corrected chi connectivity index (χ2v) is 7.74. The van der Waals surface area contributed by atoms with Crippen LogP contribution in [0.2, 0.25) is 0 Å². The molecule has 0 amide bonds. The van der Waals surface area contributed by atoms with E-state index in [9.17, 15) is 5.11 Å². The van der Waals surface area contributed by atoms with Gasteiger partial charge in [-0.1, -0.05) is 33.6 Å². The fourth-order valence-electron chi connectivity index (χ4n) is 3.44. The maximum Gasteiger partial charge on any atom is 0.0722 e. The molecule has 120 valence electrons. The molecule has 1 fully saturated rings. The summed E-state index contributed by atoms with van der Waals surface area (Å²) >= 11 is 0. The van der Waals surface area contributed by atoms with Crippen molar-refractivity contribution in [3.8, 4) is 0 Å². The second kappa shape index (κ2) is 6.49. The highest BCUT2D eigenvalue weighted by Gasteiger charge is 2.26. The van der Waals surface area contributed by atoms with Crippen molar-refractivity contribution in [2.75, 3.05) is 13.6 Å². The summed E-state index contributed by atoms with van der Waals surface area (Å²) in [7, 11) is 4.14. The van der Waals surface area contributed by atoms with Gasteiger partial charge in [0.05, 0.1) is 11.8 Å². The van der Waals surface area contributed by atoms with Gasteiger partial charge in [-0.3, -0.25) is 4.68 Å². The minimum atomic E-state index is -0.114. The summed E-state index contributed by atoms with van der Waals surface area (Å²) in [5.41, 5.74) is 2.56. The van der Waals surface area contributed by atoms with E-state index in [-0.39, 0.29) is 11.5 Å². The lowest BCUT2D eigenvalue weighted by Crippen LogP contribution is -2.35. The van der Waals surface area contributed by atoms with Crippen LogP contribution in [0.1, 0.15) is 57.7 Å². The predicted molar refractivity (Wildman–Crippen MR) is 86.2 cm³/mol. The number of hydrogen-bond acceptors (Lipinski definition) is 3. The Bertz CT molecular complexity index is 461. The van der Waals surface area contributed by atoms with E-state index in [1.54, 1.807) is 0 Å². The number of nitrogens with zero attached hydrogens (tertiary/aromatic N) is 3. The number of hydrogen-bond donors (Lipinski definition) is 1. The van der Waals surface area contributed by atoms with Crippen LogP contribution in [0.3, 0.4) is 0 Å². The summed E-state index contributed by atoms with van der Waals surface area (Å²) in [6, 6.07) is 0. The van der Waals surface area contributed by atoms with Gasteiger partial charge >= 0.3 is 0 Å². The molecule has 1 saturated carbocycles. The van der Waals surface area contributed by atoms with Gasteiger partial charge in [0, 0.05) is 37.3 Å². The molecule has 2 rings (SSSR count). The lowest BCUT2D eigenvalue weighted by Gasteiger charge is -2.31. The van der Waals surface area contributed by atoms with E-state index in [1.165, 1.54) is 24.1 Å². The van der Waals surface area contributed by atoms with Crippen molar-refractivity contribution >= 4 is 0 Å². The monoisotopic (exact) mass is 293 g/mol. The van der Waals surface area contributed by atoms with Gasteiger partial charge in [0.1, 0.15) is 0 Å². The number of aromatic nitrogens is 2. The molecule has 1 aromatic rings. The fourth-order valence-corrected chi connectivity index (χ4v) is 3.44. The molecular weight excluding hydrogens is 262 g/mol. The quantitative estimate of drug-likeness (QED) is 0.928. The van der Waals surface area contributed by atoms with Crippen molar-refractivity contribution < 1.29 is 5.11 Å². The Kier molecular flexibility index (Phi) is 5.10. The summed E-state index contributed by atoms with van der Waals surface area (Å²) < 4.78 is 1.92. The molecule has 4 heteroatoms. The van der Waals surface area contributed by atoms with Crippen molar-refractivity contribution in [2.24, 2.45) is 13.0 Å². The van der Waals surface area contributed by atoms with Gasteiger partial charge < -0.3 is 10.0 Å². The van der Waals surface area contributed by atoms with Gasteiger partial charge in [-0.25, -0.2) is 0 Å². The van der Waals surface area contributed by atoms with Crippen LogP contribution in [0.25, 0.3) is 0 Å². The third kappa shape index (κ3) is 4.30. The van der Waals surface area contributed by atoms with E-state index in [0.717, 1.165) is 25.9 Å². The average molecular weight is 293 g/mol. The zero-order valence-corrected chi connectivity index (χ0v) is 14.3. The van der Waals surface area contributed by atoms with Crippen molar-refractivity contribution in [1.29, 1.82) is 0 Å². The van der Waals surface area contributed by atoms with Crippen molar-refractivity contribution in [3.05, 3.63) is 17.5 Å². The van der Waals surface area contributed by atoms with Crippen LogP contribution in [-0.4, -0.2) is 39.5 Å². The van der Waals surface area contributed by atoms with Crippen LogP contribution in [0.4, 0.5) is 0 Å². The molecule has 1 aliphatic rings. The average Bonchev–Trinajstić information content (AvgIpc) is 2.73. The molecule has 0 aliphatic heterocycles. The predicted octanol–water partition coefficient (Wildman–Crippen LogP) is 2.70. The van der Waals surface area contributed by atoms with Crippen LogP contribution >= 0.6 is 0 Å². The third-order valence-corrected chi connectivity index (χ3v) is 4.47. The summed E-state index contributed by atoms with van der Waals surface area (Å²) in [6.45, 7) is 8.51. The molecule has 1 heterocycles. The Labute approximate surface area is 129 Å². The zero-order valence-electron chi connectivity index (χ0n) is 14.3. The molecule has 0 saturated heterocycles. The second-order valence-electron chi connectivity index (χ2n) is 7.74. The Hall–Kier alpha value is -0.870. The molecule has 1 aromatic heterocycles. The molecule has 1 aliphatic carbocycles. The number of rotatable bonds is 4. The molecular formula is C17H31N3O. The standard InChI is InChI=1S/C17H31N3O/c1-17(2,3)16-14(12-20(5)18-16)11-19(4)10-13-8-6-7-9-15(13)21/h12-13,15,21H,6-11H2,1-5H3. The first kappa shape index (κ1) is 16.5. The van der Waals surface area contributed by atoms with Crippen LogP contribution in [0.5, 0.6) is 0 Å². The Morgan fingerprint density at radius 3 is 2.62 bits per heavy atom. The van der Waals surface area contributed by atoms with Crippen molar-refractivity contribution in [1.82, 2.24) is 14.7 Å². The highest BCUT2D eigenvalue weighted by molar-refractivity contribution is 5.23. The van der Waals surface area contributed by atoms with Gasteiger partial charge in [-0.2, -0.15) is 5.10 Å². The molecule has 0 radical (unpaired) electrons. The minimum Gasteiger partial charge on any atom is -0.393 e. The van der Waals surface area contributed by atoms with E-state index in [1.807, 2.05) is 11.7 Å². The van der Waals surface area contributed by atoms with Crippen LogP contribution < -0.4 is 0 Å². The van der Waals surface area contributed by atoms with Crippen LogP contribution in [0, 0.1) is 5.92 Å². The van der Waals surface area contributed by atoms with Crippen LogP contribution in [0.15, 0.2) is 6.20 Å². The first-order valence-corrected chi connectivity index (χ1v) is 8.17. The van der Waals surface area contributed by atoms with E-state index in [2.05, 4.69) is 44.0 Å². The Balaban J connectivity index is 2.01. The lowest BCUT2D eigenvalue weighted by molar-refractivity contribution is 0.0501. The summed E-state index contributed by atoms with van der Waals surface area (Å²) in [5.74, 6) is 0.429. The molecule has 2 atom stereocenters. The van der Waals surface area contributed by atoms with Gasteiger partial charge in [0.15, 0.2) is 0 Å². The molecule has 1 N–H and O–H groups in total. The maximum absolute atomic E-state index is 10.1. The molecule has 21 heavy (non-hydrogen) atoms. The molecule has 0 bridgehead atoms. The lowest BCUT2D eigenvalue weighted by atomic mass is 9.86. The summed E-state index contributed by atoms with van der Waals surface area (Å²) in [5, 5.41) is 14.8. The fraction of sp³-hybridized carbons (Fsp3) is 0.824. The SMILES string of the molecule is CN(Cc1cn(C)nc1C(C)(C)C)CC1CCCCC1O. The van der Waals surface area contributed by atoms with Gasteiger partial charge in [0.25, 0.3) is 0 Å². The maximum atomic E-state index is 10.1. The number of aryl methyl sites for hydroxylation is 1. The Morgan fingerprint density at radius 2 is 2.00 bits per heavy atom. The highest BCUT2D eigenvalue weighted by Crippen LogP contribution is 2.27. The zero-order chi connectivity index (χ0) is 15.6. The Morgan fingerprint density at radius 1 is 1.33 bits per heavy atom. The third-order valence-electron chi connectivity index (χ3n) is 4.47. The van der Waals surface area contributed by atoms with E-state index < -0.39 is 0 Å². The van der Waals surface area contributed by atoms with Gasteiger partial charge in [0.2, 0.25) is 0 Å². The van der Waals surface area contributed by atoms with Crippen molar-refractivity contribution in [3.63, 3.8) is 0 Å². The molecule has 0 aromatic carbocycles. The van der Waals surface area contributed by atoms with Gasteiger partial charge in [-0.05, 0) is 25.8 Å². The van der Waals surface area contributed by atoms with E-state index in [4.69, 9.17) is 0 Å². The first-order chi connectivity index (χ1) is 9.77. The molecule has 2 unspecified atom stereocenters. The molecule has 4 nitrogen and oxygen atoms in total. The summed E-state index contributed by atoms with van der Waals surface area (Å²) in [4.78, 5) is 2.34. The highest BCUT2D eigenvalue weighted by atomic mass is 16.3. The summed E-state index contributed by atoms with van der Waals surface area (Å²) in [6.07, 6.45) is 6.59. The topological polar surface area (TPSA) is 41.3 Å². The van der Waals surface area contributed by atoms with Crippen LogP contribution in [-0.2, 0) is 19.0 Å². The normalized spacial score (nSPS) is 23.8. The van der Waals surface area contributed by atoms with E-state index in [0.29, 0.717) is 5.92 Å².